The number of alkyl halides is 12. The molecule has 0 saturated heterocycles. The van der Waals surface area contributed by atoms with Crippen LogP contribution in [0.15, 0.2) is 91.0 Å². The van der Waals surface area contributed by atoms with E-state index in [1.807, 2.05) is 0 Å². The summed E-state index contributed by atoms with van der Waals surface area (Å²) in [6.45, 7) is 0. The molecule has 0 spiro atoms. The van der Waals surface area contributed by atoms with Crippen LogP contribution in [0.2, 0.25) is 0 Å². The first kappa shape index (κ1) is 36.1. The van der Waals surface area contributed by atoms with Gasteiger partial charge in [0.2, 0.25) is 10.8 Å². The van der Waals surface area contributed by atoms with Gasteiger partial charge in [0.15, 0.2) is 0 Å². The highest BCUT2D eigenvalue weighted by Gasteiger charge is 2.74. The van der Waals surface area contributed by atoms with Crippen molar-refractivity contribution in [3.63, 3.8) is 0 Å². The van der Waals surface area contributed by atoms with Gasteiger partial charge in [0.1, 0.15) is 0 Å². The highest BCUT2D eigenvalue weighted by atomic mass is 19.4. The number of nitrogens with one attached hydrogen (secondary N) is 1. The second-order valence-electron chi connectivity index (χ2n) is 11.7. The third-order valence-corrected chi connectivity index (χ3v) is 8.95. The van der Waals surface area contributed by atoms with Crippen molar-refractivity contribution in [1.82, 2.24) is 5.32 Å². The molecule has 4 aromatic rings. The second-order valence-corrected chi connectivity index (χ2v) is 11.7. The van der Waals surface area contributed by atoms with Gasteiger partial charge < -0.3 is 0 Å². The van der Waals surface area contributed by atoms with Crippen molar-refractivity contribution in [2.45, 2.75) is 35.5 Å². The maximum absolute atomic E-state index is 14.9. The van der Waals surface area contributed by atoms with Crippen LogP contribution in [-0.2, 0) is 10.8 Å². The molecule has 0 fully saturated rings. The van der Waals surface area contributed by atoms with E-state index in [1.54, 1.807) is 5.32 Å². The van der Waals surface area contributed by atoms with Gasteiger partial charge >= 0.3 is 24.7 Å². The van der Waals surface area contributed by atoms with Gasteiger partial charge in [0, 0.05) is 0 Å². The molecule has 0 radical (unpaired) electrons. The molecule has 2 heterocycles. The Bertz CT molecular complexity index is 2120. The van der Waals surface area contributed by atoms with Crippen molar-refractivity contribution in [3.8, 4) is 0 Å². The Balaban J connectivity index is 1.47. The van der Waals surface area contributed by atoms with Gasteiger partial charge in [-0.1, -0.05) is 54.6 Å². The third kappa shape index (κ3) is 4.90. The Morgan fingerprint density at radius 2 is 0.788 bits per heavy atom. The van der Waals surface area contributed by atoms with Gasteiger partial charge in [-0.15, -0.1) is 0 Å². The lowest BCUT2D eigenvalue weighted by Crippen LogP contribution is -2.55. The molecular weight excluding hydrogens is 728 g/mol. The number of halogens is 12. The van der Waals surface area contributed by atoms with Crippen LogP contribution in [0.3, 0.4) is 0 Å². The van der Waals surface area contributed by atoms with Crippen LogP contribution < -0.4 is 10.2 Å². The van der Waals surface area contributed by atoms with Gasteiger partial charge in [0.05, 0.1) is 27.9 Å². The Hall–Kier alpha value is -5.68. The SMILES string of the molecule is O=C1NC(=O)c2cc(C(c3ccc4c(c3)C(=O)N(c3ccc(C(c5ccccc5)(C(F)(F)F)C(F)(F)F)cc3)C4=O)(C(F)(F)F)C(F)(F)F)ccc21. The number of rotatable bonds is 5. The van der Waals surface area contributed by atoms with E-state index in [0.717, 1.165) is 12.1 Å². The number of hydrogen-bond acceptors (Lipinski definition) is 4. The van der Waals surface area contributed by atoms with Gasteiger partial charge in [0.25, 0.3) is 23.6 Å². The minimum Gasteiger partial charge on any atom is -0.288 e. The molecule has 4 aromatic carbocycles. The number of carbonyl (C=O) groups excluding carboxylic acids is 4. The predicted octanol–water partition coefficient (Wildman–Crippen LogP) is 8.19. The van der Waals surface area contributed by atoms with Crippen molar-refractivity contribution in [1.29, 1.82) is 0 Å². The molecule has 0 aliphatic carbocycles. The lowest BCUT2D eigenvalue weighted by atomic mass is 9.71. The highest BCUT2D eigenvalue weighted by molar-refractivity contribution is 6.34. The predicted molar refractivity (Wildman–Crippen MR) is 154 cm³/mol. The van der Waals surface area contributed by atoms with Crippen LogP contribution in [0.1, 0.15) is 63.7 Å². The first-order chi connectivity index (χ1) is 24.0. The Labute approximate surface area is 282 Å². The van der Waals surface area contributed by atoms with Crippen molar-refractivity contribution in [3.05, 3.63) is 136 Å². The lowest BCUT2D eigenvalue weighted by molar-refractivity contribution is -0.290. The number of imide groups is 2. The number of amides is 4. The summed E-state index contributed by atoms with van der Waals surface area (Å²) in [5.74, 6) is -5.26. The molecule has 0 unspecified atom stereocenters. The first-order valence-corrected chi connectivity index (χ1v) is 14.5. The monoisotopic (exact) mass is 744 g/mol. The molecule has 1 N–H and O–H groups in total. The molecule has 0 aromatic heterocycles. The van der Waals surface area contributed by atoms with Crippen LogP contribution in [0.25, 0.3) is 0 Å². The van der Waals surface area contributed by atoms with Crippen molar-refractivity contribution >= 4 is 29.3 Å². The highest BCUT2D eigenvalue weighted by Crippen LogP contribution is 2.58. The van der Waals surface area contributed by atoms with Crippen LogP contribution in [0.5, 0.6) is 0 Å². The molecule has 0 saturated carbocycles. The molecule has 6 rings (SSSR count). The van der Waals surface area contributed by atoms with Crippen molar-refractivity contribution in [2.24, 2.45) is 0 Å². The maximum Gasteiger partial charge on any atom is 0.411 e. The van der Waals surface area contributed by atoms with Crippen LogP contribution in [0.4, 0.5) is 58.4 Å². The molecule has 2 aliphatic heterocycles. The Morgan fingerprint density at radius 3 is 1.29 bits per heavy atom. The van der Waals surface area contributed by atoms with Gasteiger partial charge in [-0.05, 0) is 58.7 Å². The smallest absolute Gasteiger partial charge is 0.288 e. The Kier molecular flexibility index (Phi) is 7.93. The standard InChI is InChI=1S/C34H16F12N2O4/c35-31(36,37)29(32(38,39)40,16-4-2-1-3-5-16)17-6-10-20(11-7-17)48-27(51)22-13-9-19(15-24(22)28(48)52)30(33(41,42)43,34(44,45)46)18-8-12-21-23(14-18)26(50)47-25(21)49/h1-15H,(H,47,49,50). The molecule has 2 aliphatic rings. The minimum atomic E-state index is -6.24. The maximum atomic E-state index is 14.9. The van der Waals surface area contributed by atoms with E-state index in [4.69, 9.17) is 0 Å². The van der Waals surface area contributed by atoms with E-state index in [1.165, 1.54) is 6.07 Å². The molecule has 0 atom stereocenters. The average Bonchev–Trinajstić information content (AvgIpc) is 3.45. The molecule has 6 nitrogen and oxygen atoms in total. The van der Waals surface area contributed by atoms with E-state index >= 15 is 0 Å². The minimum absolute atomic E-state index is 0.136. The summed E-state index contributed by atoms with van der Waals surface area (Å²) in [6.07, 6.45) is -24.4. The summed E-state index contributed by atoms with van der Waals surface area (Å²) in [5, 5.41) is 1.74. The van der Waals surface area contributed by atoms with Gasteiger partial charge in [-0.25, -0.2) is 4.90 Å². The van der Waals surface area contributed by atoms with Gasteiger partial charge in [-0.3, -0.25) is 24.5 Å². The Morgan fingerprint density at radius 1 is 0.404 bits per heavy atom. The van der Waals surface area contributed by atoms with E-state index in [-0.39, 0.29) is 23.1 Å². The summed E-state index contributed by atoms with van der Waals surface area (Å²) in [5.41, 5.74) is -19.1. The zero-order valence-electron chi connectivity index (χ0n) is 25.3. The summed E-state index contributed by atoms with van der Waals surface area (Å²) in [4.78, 5) is 51.0. The zero-order valence-corrected chi connectivity index (χ0v) is 25.3. The summed E-state index contributed by atoms with van der Waals surface area (Å²) >= 11 is 0. The average molecular weight is 744 g/mol. The fourth-order valence-electron chi connectivity index (χ4n) is 6.62. The fraction of sp³-hybridized carbons (Fsp3) is 0.176. The number of anilines is 1. The van der Waals surface area contributed by atoms with E-state index in [0.29, 0.717) is 54.6 Å². The van der Waals surface area contributed by atoms with Crippen LogP contribution in [0, 0.1) is 0 Å². The van der Waals surface area contributed by atoms with Gasteiger partial charge in [-0.2, -0.15) is 52.7 Å². The lowest BCUT2D eigenvalue weighted by Gasteiger charge is -2.38. The first-order valence-electron chi connectivity index (χ1n) is 14.5. The molecule has 4 amide bonds. The van der Waals surface area contributed by atoms with Crippen molar-refractivity contribution in [2.75, 3.05) is 4.90 Å². The normalized spacial score (nSPS) is 15.6. The van der Waals surface area contributed by atoms with Crippen LogP contribution in [-0.4, -0.2) is 48.3 Å². The largest absolute Gasteiger partial charge is 0.411 e. The van der Waals surface area contributed by atoms with E-state index < -0.39 is 109 Å². The quantitative estimate of drug-likeness (QED) is 0.165. The number of benzene rings is 4. The van der Waals surface area contributed by atoms with E-state index in [9.17, 15) is 71.9 Å². The van der Waals surface area contributed by atoms with Crippen molar-refractivity contribution < 1.29 is 71.9 Å². The third-order valence-electron chi connectivity index (χ3n) is 8.95. The number of fused-ring (bicyclic) bond motifs is 2. The number of nitrogens with zero attached hydrogens (tertiary/aromatic N) is 1. The molecule has 270 valence electrons. The second kappa shape index (κ2) is 11.4. The summed E-state index contributed by atoms with van der Waals surface area (Å²) in [6, 6.07) is 8.00. The molecule has 18 heteroatoms. The van der Waals surface area contributed by atoms with Crippen LogP contribution >= 0.6 is 0 Å². The topological polar surface area (TPSA) is 83.6 Å². The van der Waals surface area contributed by atoms with E-state index in [2.05, 4.69) is 0 Å². The fourth-order valence-corrected chi connectivity index (χ4v) is 6.62. The summed E-state index contributed by atoms with van der Waals surface area (Å²) < 4.78 is 176. The number of hydrogen-bond donors (Lipinski definition) is 1. The number of carbonyl (C=O) groups is 4. The summed E-state index contributed by atoms with van der Waals surface area (Å²) in [7, 11) is 0. The molecule has 52 heavy (non-hydrogen) atoms. The molecule has 0 bridgehead atoms. The zero-order chi connectivity index (χ0) is 38.4. The molecular formula is C34H16F12N2O4.